The van der Waals surface area contributed by atoms with Gasteiger partial charge in [-0.25, -0.2) is 19.9 Å². The molecular weight excluding hydrogens is 727 g/mol. The minimum absolute atomic E-state index is 0.702. The lowest BCUT2D eigenvalue weighted by Crippen LogP contribution is -1.97. The predicted molar refractivity (Wildman–Crippen MR) is 242 cm³/mol. The minimum Gasteiger partial charge on any atom is -0.309 e. The van der Waals surface area contributed by atoms with E-state index in [-0.39, 0.29) is 0 Å². The highest BCUT2D eigenvalue weighted by molar-refractivity contribution is 7.27. The van der Waals surface area contributed by atoms with Gasteiger partial charge >= 0.3 is 0 Å². The normalized spacial score (nSPS) is 11.8. The van der Waals surface area contributed by atoms with Gasteiger partial charge in [0, 0.05) is 76.7 Å². The summed E-state index contributed by atoms with van der Waals surface area (Å²) in [6, 6.07) is 62.1. The van der Waals surface area contributed by atoms with Gasteiger partial charge in [0.05, 0.1) is 22.4 Å². The van der Waals surface area contributed by atoms with E-state index in [0.29, 0.717) is 5.82 Å². The number of para-hydroxylation sites is 1. The smallest absolute Gasteiger partial charge is 0.160 e. The van der Waals surface area contributed by atoms with Crippen LogP contribution in [0.1, 0.15) is 0 Å². The van der Waals surface area contributed by atoms with Gasteiger partial charge in [-0.3, -0.25) is 0 Å². The summed E-state index contributed by atoms with van der Waals surface area (Å²) in [5.41, 5.74) is 9.26. The molecule has 0 amide bonds. The molecule has 12 aromatic rings. The van der Waals surface area contributed by atoms with E-state index < -0.39 is 0 Å². The van der Waals surface area contributed by atoms with Crippen LogP contribution in [0.25, 0.3) is 115 Å². The monoisotopic (exact) mass is 757 g/mol. The Morgan fingerprint density at radius 3 is 1.67 bits per heavy atom. The Balaban J connectivity index is 1.15. The van der Waals surface area contributed by atoms with Gasteiger partial charge < -0.3 is 4.57 Å². The molecule has 5 nitrogen and oxygen atoms in total. The third-order valence-electron chi connectivity index (χ3n) is 11.3. The summed E-state index contributed by atoms with van der Waals surface area (Å²) in [5, 5.41) is 9.85. The number of nitrogens with zero attached hydrogens (tertiary/aromatic N) is 5. The number of rotatable bonds is 5. The molecule has 12 rings (SSSR count). The highest BCUT2D eigenvalue weighted by Crippen LogP contribution is 2.51. The molecule has 0 aliphatic carbocycles. The second-order valence-corrected chi connectivity index (χ2v) is 15.6. The van der Waals surface area contributed by atoms with Gasteiger partial charge in [0.1, 0.15) is 0 Å². The van der Waals surface area contributed by atoms with Crippen LogP contribution in [0.2, 0.25) is 0 Å². The van der Waals surface area contributed by atoms with E-state index >= 15 is 0 Å². The first kappa shape index (κ1) is 32.7. The van der Waals surface area contributed by atoms with Crippen molar-refractivity contribution in [3.8, 4) is 51.0 Å². The standard InChI is InChI=1S/C52H31N5S/c1-3-14-32(15-4-1)43-31-44(56-51(55-43)34-16-5-2-6-17-34)33-24-26-35(27-25-33)57-45-23-12-11-20-38(45)41-30-42(52-53-28-13-29-54-52)50-47(48(41)57)46-39-21-9-7-18-36(39)37-19-8-10-22-40(37)49(46)58-50/h1-31H. The molecule has 6 heteroatoms. The Kier molecular flexibility index (Phi) is 7.33. The third-order valence-corrected chi connectivity index (χ3v) is 12.6. The molecule has 0 aliphatic heterocycles. The summed E-state index contributed by atoms with van der Waals surface area (Å²) in [4.78, 5) is 19.8. The van der Waals surface area contributed by atoms with Crippen LogP contribution in [-0.4, -0.2) is 24.5 Å². The average Bonchev–Trinajstić information content (AvgIpc) is 3.87. The number of fused-ring (bicyclic) bond motifs is 12. The van der Waals surface area contributed by atoms with Crippen LogP contribution in [0.5, 0.6) is 0 Å². The molecule has 4 heterocycles. The van der Waals surface area contributed by atoms with Crippen LogP contribution in [0.15, 0.2) is 188 Å². The molecule has 0 atom stereocenters. The van der Waals surface area contributed by atoms with Gasteiger partial charge in [-0.05, 0) is 52.6 Å². The topological polar surface area (TPSA) is 56.5 Å². The van der Waals surface area contributed by atoms with Crippen molar-refractivity contribution in [3.05, 3.63) is 188 Å². The van der Waals surface area contributed by atoms with Gasteiger partial charge in [-0.15, -0.1) is 11.3 Å². The van der Waals surface area contributed by atoms with Crippen LogP contribution in [-0.2, 0) is 0 Å². The van der Waals surface area contributed by atoms with E-state index in [1.165, 1.54) is 58.0 Å². The van der Waals surface area contributed by atoms with E-state index in [9.17, 15) is 0 Å². The Morgan fingerprint density at radius 1 is 0.397 bits per heavy atom. The van der Waals surface area contributed by atoms with Crippen molar-refractivity contribution in [2.45, 2.75) is 0 Å². The highest BCUT2D eigenvalue weighted by atomic mass is 32.1. The number of hydrogen-bond acceptors (Lipinski definition) is 5. The summed E-state index contributed by atoms with van der Waals surface area (Å²) in [6.07, 6.45) is 3.68. The van der Waals surface area contributed by atoms with Crippen molar-refractivity contribution < 1.29 is 0 Å². The zero-order valence-electron chi connectivity index (χ0n) is 31.0. The number of thiophene rings is 1. The van der Waals surface area contributed by atoms with Gasteiger partial charge in [0.25, 0.3) is 0 Å². The van der Waals surface area contributed by atoms with Crippen molar-refractivity contribution >= 4 is 74.9 Å². The fraction of sp³-hybridized carbons (Fsp3) is 0. The summed E-state index contributed by atoms with van der Waals surface area (Å²) < 4.78 is 4.90. The molecule has 0 saturated heterocycles. The number of hydrogen-bond donors (Lipinski definition) is 0. The quantitative estimate of drug-likeness (QED) is 0.164. The Labute approximate surface area is 337 Å². The molecule has 270 valence electrons. The minimum atomic E-state index is 0.702. The molecule has 0 fully saturated rings. The molecule has 0 bridgehead atoms. The lowest BCUT2D eigenvalue weighted by atomic mass is 9.95. The SMILES string of the molecule is c1ccc(-c2cc(-c3ccc(-n4c5ccccc5c5cc(-c6ncccn6)c6sc7c8ccccc8c8ccccc8c7c6c54)cc3)nc(-c3ccccc3)n2)cc1. The van der Waals surface area contributed by atoms with E-state index in [0.717, 1.165) is 50.7 Å². The predicted octanol–water partition coefficient (Wildman–Crippen LogP) is 13.7. The Hall–Kier alpha value is -7.54. The molecular formula is C52H31N5S. The maximum atomic E-state index is 5.12. The molecule has 0 saturated carbocycles. The van der Waals surface area contributed by atoms with Crippen molar-refractivity contribution in [3.63, 3.8) is 0 Å². The zero-order chi connectivity index (χ0) is 38.2. The average molecular weight is 758 g/mol. The van der Waals surface area contributed by atoms with Crippen LogP contribution in [0, 0.1) is 0 Å². The first-order valence-corrected chi connectivity index (χ1v) is 20.2. The zero-order valence-corrected chi connectivity index (χ0v) is 31.9. The second-order valence-electron chi connectivity index (χ2n) is 14.6. The summed E-state index contributed by atoms with van der Waals surface area (Å²) in [5.74, 6) is 1.43. The van der Waals surface area contributed by atoms with E-state index in [1.54, 1.807) is 0 Å². The molecule has 8 aromatic carbocycles. The fourth-order valence-electron chi connectivity index (χ4n) is 8.73. The first-order chi connectivity index (χ1) is 28.8. The summed E-state index contributed by atoms with van der Waals surface area (Å²) in [7, 11) is 0. The van der Waals surface area contributed by atoms with Crippen molar-refractivity contribution in [2.75, 3.05) is 0 Å². The van der Waals surface area contributed by atoms with Gasteiger partial charge in [-0.2, -0.15) is 0 Å². The van der Waals surface area contributed by atoms with E-state index in [2.05, 4.69) is 150 Å². The fourth-order valence-corrected chi connectivity index (χ4v) is 10.1. The first-order valence-electron chi connectivity index (χ1n) is 19.4. The second kappa shape index (κ2) is 13.0. The maximum Gasteiger partial charge on any atom is 0.160 e. The lowest BCUT2D eigenvalue weighted by molar-refractivity contribution is 1.17. The third kappa shape index (κ3) is 5.02. The largest absolute Gasteiger partial charge is 0.309 e. The van der Waals surface area contributed by atoms with Crippen molar-refractivity contribution in [2.24, 2.45) is 0 Å². The molecule has 0 radical (unpaired) electrons. The van der Waals surface area contributed by atoms with Crippen LogP contribution in [0.4, 0.5) is 0 Å². The number of benzene rings is 8. The van der Waals surface area contributed by atoms with Crippen LogP contribution in [0.3, 0.4) is 0 Å². The van der Waals surface area contributed by atoms with Gasteiger partial charge in [0.2, 0.25) is 0 Å². The lowest BCUT2D eigenvalue weighted by Gasteiger charge is -2.13. The Bertz CT molecular complexity index is 3480. The van der Waals surface area contributed by atoms with Gasteiger partial charge in [-0.1, -0.05) is 140 Å². The number of aromatic nitrogens is 5. The Morgan fingerprint density at radius 2 is 0.966 bits per heavy atom. The van der Waals surface area contributed by atoms with Crippen LogP contribution < -0.4 is 0 Å². The molecule has 0 N–H and O–H groups in total. The molecule has 0 unspecified atom stereocenters. The summed E-state index contributed by atoms with van der Waals surface area (Å²) >= 11 is 1.85. The molecule has 0 spiro atoms. The highest BCUT2D eigenvalue weighted by Gasteiger charge is 2.24. The van der Waals surface area contributed by atoms with Gasteiger partial charge in [0.15, 0.2) is 11.6 Å². The van der Waals surface area contributed by atoms with E-state index in [1.807, 2.05) is 54.1 Å². The summed E-state index contributed by atoms with van der Waals surface area (Å²) in [6.45, 7) is 0. The molecule has 0 aliphatic rings. The maximum absolute atomic E-state index is 5.12. The molecule has 4 aromatic heterocycles. The van der Waals surface area contributed by atoms with Crippen molar-refractivity contribution in [1.29, 1.82) is 0 Å². The molecule has 58 heavy (non-hydrogen) atoms. The van der Waals surface area contributed by atoms with Crippen molar-refractivity contribution in [1.82, 2.24) is 24.5 Å². The van der Waals surface area contributed by atoms with Crippen LogP contribution >= 0.6 is 11.3 Å². The van der Waals surface area contributed by atoms with E-state index in [4.69, 9.17) is 19.9 Å².